The number of nitrogens with one attached hydrogen (secondary N) is 1. The fourth-order valence-corrected chi connectivity index (χ4v) is 1.70. The smallest absolute Gasteiger partial charge is 0.244 e. The molecule has 0 aliphatic carbocycles. The summed E-state index contributed by atoms with van der Waals surface area (Å²) in [6.45, 7) is 0.472. The predicted molar refractivity (Wildman–Crippen MR) is 77.1 cm³/mol. The van der Waals surface area contributed by atoms with Crippen molar-refractivity contribution in [3.63, 3.8) is 0 Å². The van der Waals surface area contributed by atoms with Crippen LogP contribution in [-0.4, -0.2) is 22.8 Å². The van der Waals surface area contributed by atoms with Gasteiger partial charge in [-0.25, -0.2) is 0 Å². The largest absolute Gasteiger partial charge is 0.497 e. The molecule has 5 nitrogen and oxygen atoms in total. The average Bonchev–Trinajstić information content (AvgIpc) is 2.89. The number of aryl methyl sites for hydroxylation is 1. The minimum atomic E-state index is -0.135. The molecule has 0 saturated carbocycles. The molecule has 1 amide bonds. The molecule has 1 aromatic heterocycles. The van der Waals surface area contributed by atoms with Gasteiger partial charge in [-0.1, -0.05) is 12.1 Å². The molecule has 1 aromatic carbocycles. The highest BCUT2D eigenvalue weighted by Gasteiger charge is 1.99. The highest BCUT2D eigenvalue weighted by Crippen LogP contribution is 2.12. The number of hydrogen-bond donors (Lipinski definition) is 1. The zero-order chi connectivity index (χ0) is 14.4. The van der Waals surface area contributed by atoms with Crippen molar-refractivity contribution in [2.75, 3.05) is 7.11 Å². The van der Waals surface area contributed by atoms with E-state index in [1.165, 1.54) is 6.08 Å². The van der Waals surface area contributed by atoms with Crippen LogP contribution >= 0.6 is 0 Å². The van der Waals surface area contributed by atoms with Crippen LogP contribution in [0, 0.1) is 0 Å². The van der Waals surface area contributed by atoms with Crippen LogP contribution in [0.25, 0.3) is 6.08 Å². The molecule has 1 N–H and O–H groups in total. The van der Waals surface area contributed by atoms with Gasteiger partial charge in [0.25, 0.3) is 0 Å². The number of aromatic nitrogens is 2. The highest BCUT2D eigenvalue weighted by molar-refractivity contribution is 5.91. The van der Waals surface area contributed by atoms with Crippen LogP contribution in [0.3, 0.4) is 0 Å². The number of methoxy groups -OCH3 is 1. The van der Waals surface area contributed by atoms with Gasteiger partial charge in [0, 0.05) is 31.4 Å². The second-order valence-electron chi connectivity index (χ2n) is 4.35. The van der Waals surface area contributed by atoms with Crippen molar-refractivity contribution in [3.8, 4) is 5.75 Å². The maximum atomic E-state index is 11.7. The van der Waals surface area contributed by atoms with Gasteiger partial charge in [0.1, 0.15) is 5.75 Å². The van der Waals surface area contributed by atoms with E-state index in [-0.39, 0.29) is 5.91 Å². The first-order valence-corrected chi connectivity index (χ1v) is 6.25. The third kappa shape index (κ3) is 3.98. The first-order valence-electron chi connectivity index (χ1n) is 6.25. The zero-order valence-corrected chi connectivity index (χ0v) is 11.5. The van der Waals surface area contributed by atoms with E-state index in [9.17, 15) is 4.79 Å². The van der Waals surface area contributed by atoms with Gasteiger partial charge in [-0.2, -0.15) is 5.10 Å². The number of ether oxygens (including phenoxy) is 1. The van der Waals surface area contributed by atoms with E-state index < -0.39 is 0 Å². The molecule has 0 bridgehead atoms. The van der Waals surface area contributed by atoms with Crippen molar-refractivity contribution in [2.45, 2.75) is 6.54 Å². The molecule has 0 fully saturated rings. The summed E-state index contributed by atoms with van der Waals surface area (Å²) in [5.41, 5.74) is 1.92. The molecular formula is C15H17N3O2. The van der Waals surface area contributed by atoms with Gasteiger partial charge in [0.15, 0.2) is 0 Å². The minimum Gasteiger partial charge on any atom is -0.497 e. The first kappa shape index (κ1) is 13.9. The molecule has 0 saturated heterocycles. The lowest BCUT2D eigenvalue weighted by atomic mass is 10.2. The van der Waals surface area contributed by atoms with Crippen molar-refractivity contribution < 1.29 is 9.53 Å². The fourth-order valence-electron chi connectivity index (χ4n) is 1.70. The summed E-state index contributed by atoms with van der Waals surface area (Å²) in [4.78, 5) is 11.7. The minimum absolute atomic E-state index is 0.135. The molecule has 0 aliphatic rings. The van der Waals surface area contributed by atoms with E-state index in [1.807, 2.05) is 37.5 Å². The van der Waals surface area contributed by atoms with E-state index in [1.54, 1.807) is 24.1 Å². The van der Waals surface area contributed by atoms with Crippen molar-refractivity contribution in [1.29, 1.82) is 0 Å². The Morgan fingerprint density at radius 1 is 1.40 bits per heavy atom. The van der Waals surface area contributed by atoms with Gasteiger partial charge in [-0.3, -0.25) is 9.48 Å². The Balaban J connectivity index is 1.85. The van der Waals surface area contributed by atoms with Crippen LogP contribution in [0.5, 0.6) is 5.75 Å². The summed E-state index contributed by atoms with van der Waals surface area (Å²) in [6, 6.07) is 7.49. The standard InChI is InChI=1S/C15H17N3O2/c1-18-11-13(10-17-18)9-16-15(19)8-5-12-3-6-14(20-2)7-4-12/h3-8,10-11H,9H2,1-2H3,(H,16,19)/b8-5+. The Kier molecular flexibility index (Phi) is 4.55. The summed E-state index contributed by atoms with van der Waals surface area (Å²) >= 11 is 0. The average molecular weight is 271 g/mol. The lowest BCUT2D eigenvalue weighted by Crippen LogP contribution is -2.19. The highest BCUT2D eigenvalue weighted by atomic mass is 16.5. The molecule has 0 unspecified atom stereocenters. The van der Waals surface area contributed by atoms with Gasteiger partial charge in [0.05, 0.1) is 13.3 Å². The number of benzene rings is 1. The van der Waals surface area contributed by atoms with Gasteiger partial charge < -0.3 is 10.1 Å². The Labute approximate surface area is 117 Å². The lowest BCUT2D eigenvalue weighted by Gasteiger charge is -2.00. The molecule has 20 heavy (non-hydrogen) atoms. The lowest BCUT2D eigenvalue weighted by molar-refractivity contribution is -0.116. The van der Waals surface area contributed by atoms with Gasteiger partial charge >= 0.3 is 0 Å². The Hall–Kier alpha value is -2.56. The first-order chi connectivity index (χ1) is 9.67. The van der Waals surface area contributed by atoms with Crippen LogP contribution in [0.1, 0.15) is 11.1 Å². The molecule has 1 heterocycles. The number of carbonyl (C=O) groups excluding carboxylic acids is 1. The van der Waals surface area contributed by atoms with Gasteiger partial charge in [-0.15, -0.1) is 0 Å². The third-order valence-corrected chi connectivity index (χ3v) is 2.77. The molecule has 2 rings (SSSR count). The Morgan fingerprint density at radius 2 is 2.15 bits per heavy atom. The summed E-state index contributed by atoms with van der Waals surface area (Å²) < 4.78 is 6.78. The molecule has 0 radical (unpaired) electrons. The zero-order valence-electron chi connectivity index (χ0n) is 11.5. The van der Waals surface area contributed by atoms with Crippen LogP contribution in [0.2, 0.25) is 0 Å². The number of nitrogens with zero attached hydrogens (tertiary/aromatic N) is 2. The molecule has 2 aromatic rings. The summed E-state index contributed by atoms with van der Waals surface area (Å²) in [5.74, 6) is 0.660. The second kappa shape index (κ2) is 6.56. The van der Waals surface area contributed by atoms with Crippen LogP contribution in [-0.2, 0) is 18.4 Å². The van der Waals surface area contributed by atoms with E-state index in [0.717, 1.165) is 16.9 Å². The molecule has 0 aliphatic heterocycles. The van der Waals surface area contributed by atoms with Crippen LogP contribution in [0.4, 0.5) is 0 Å². The SMILES string of the molecule is COc1ccc(/C=C/C(=O)NCc2cnn(C)c2)cc1. The van der Waals surface area contributed by atoms with Crippen LogP contribution < -0.4 is 10.1 Å². The van der Waals surface area contributed by atoms with Crippen molar-refractivity contribution in [3.05, 3.63) is 53.9 Å². The quantitative estimate of drug-likeness (QED) is 0.843. The number of carbonyl (C=O) groups is 1. The third-order valence-electron chi connectivity index (χ3n) is 2.77. The van der Waals surface area contributed by atoms with E-state index >= 15 is 0 Å². The second-order valence-corrected chi connectivity index (χ2v) is 4.35. The van der Waals surface area contributed by atoms with E-state index in [2.05, 4.69) is 10.4 Å². The molecule has 104 valence electrons. The van der Waals surface area contributed by atoms with E-state index in [4.69, 9.17) is 4.74 Å². The molecular weight excluding hydrogens is 254 g/mol. The van der Waals surface area contributed by atoms with Crippen molar-refractivity contribution >= 4 is 12.0 Å². The summed E-state index contributed by atoms with van der Waals surface area (Å²) in [6.07, 6.45) is 6.87. The monoisotopic (exact) mass is 271 g/mol. The number of amides is 1. The predicted octanol–water partition coefficient (Wildman–Crippen LogP) is 1.76. The van der Waals surface area contributed by atoms with Gasteiger partial charge in [-0.05, 0) is 23.8 Å². The summed E-state index contributed by atoms with van der Waals surface area (Å²) in [5, 5.41) is 6.84. The van der Waals surface area contributed by atoms with E-state index in [0.29, 0.717) is 6.54 Å². The Morgan fingerprint density at radius 3 is 2.75 bits per heavy atom. The van der Waals surface area contributed by atoms with Crippen molar-refractivity contribution in [2.24, 2.45) is 7.05 Å². The number of rotatable bonds is 5. The van der Waals surface area contributed by atoms with Crippen LogP contribution in [0.15, 0.2) is 42.7 Å². The topological polar surface area (TPSA) is 56.1 Å². The maximum Gasteiger partial charge on any atom is 0.244 e. The molecule has 5 heteroatoms. The Bertz CT molecular complexity index is 600. The van der Waals surface area contributed by atoms with Gasteiger partial charge in [0.2, 0.25) is 5.91 Å². The fraction of sp³-hybridized carbons (Fsp3) is 0.200. The van der Waals surface area contributed by atoms with Crippen molar-refractivity contribution in [1.82, 2.24) is 15.1 Å². The number of hydrogen-bond acceptors (Lipinski definition) is 3. The maximum absolute atomic E-state index is 11.7. The normalized spacial score (nSPS) is 10.7. The summed E-state index contributed by atoms with van der Waals surface area (Å²) in [7, 11) is 3.46. The molecule has 0 atom stereocenters. The molecule has 0 spiro atoms.